The molecule has 0 aliphatic rings. The van der Waals surface area contributed by atoms with Gasteiger partial charge in [0.05, 0.1) is 19.2 Å². The first-order valence-electron chi connectivity index (χ1n) is 6.87. The Kier molecular flexibility index (Phi) is 4.31. The number of hydrogen-bond acceptors (Lipinski definition) is 4. The van der Waals surface area contributed by atoms with Crippen molar-refractivity contribution in [1.29, 1.82) is 0 Å². The molecule has 1 heterocycles. The van der Waals surface area contributed by atoms with Crippen LogP contribution in [0.25, 0.3) is 11.1 Å². The molecule has 5 nitrogen and oxygen atoms in total. The Balaban J connectivity index is 1.96. The van der Waals surface area contributed by atoms with Crippen molar-refractivity contribution in [2.75, 3.05) is 0 Å². The van der Waals surface area contributed by atoms with E-state index in [1.54, 1.807) is 29.1 Å². The lowest BCUT2D eigenvalue weighted by molar-refractivity contribution is -0.155. The number of carbonyl (C=O) groups is 1. The summed E-state index contributed by atoms with van der Waals surface area (Å²) >= 11 is 0. The van der Waals surface area contributed by atoms with Gasteiger partial charge in [-0.25, -0.2) is 0 Å². The molecule has 1 aromatic heterocycles. The van der Waals surface area contributed by atoms with Gasteiger partial charge in [-0.05, 0) is 38.5 Å². The third kappa shape index (κ3) is 4.63. The minimum Gasteiger partial charge on any atom is -0.508 e. The van der Waals surface area contributed by atoms with E-state index in [0.717, 1.165) is 11.1 Å². The fourth-order valence-electron chi connectivity index (χ4n) is 1.92. The average molecular weight is 288 g/mol. The van der Waals surface area contributed by atoms with Crippen LogP contribution in [0.5, 0.6) is 5.75 Å². The van der Waals surface area contributed by atoms with Crippen LogP contribution in [-0.2, 0) is 16.1 Å². The minimum absolute atomic E-state index is 0.217. The van der Waals surface area contributed by atoms with Crippen LogP contribution in [0.4, 0.5) is 0 Å². The van der Waals surface area contributed by atoms with Gasteiger partial charge >= 0.3 is 5.97 Å². The molecular formula is C16H20N2O3. The van der Waals surface area contributed by atoms with E-state index < -0.39 is 5.60 Å². The molecule has 2 aromatic rings. The van der Waals surface area contributed by atoms with Crippen molar-refractivity contribution in [1.82, 2.24) is 9.78 Å². The minimum atomic E-state index is -0.464. The smallest absolute Gasteiger partial charge is 0.308 e. The number of benzene rings is 1. The Morgan fingerprint density at radius 2 is 2.10 bits per heavy atom. The summed E-state index contributed by atoms with van der Waals surface area (Å²) in [6, 6.07) is 6.98. The molecule has 5 heteroatoms. The summed E-state index contributed by atoms with van der Waals surface area (Å²) in [7, 11) is 0. The Morgan fingerprint density at radius 3 is 2.76 bits per heavy atom. The van der Waals surface area contributed by atoms with Gasteiger partial charge in [0.25, 0.3) is 0 Å². The summed E-state index contributed by atoms with van der Waals surface area (Å²) in [5.41, 5.74) is 1.32. The van der Waals surface area contributed by atoms with Gasteiger partial charge in [-0.3, -0.25) is 9.48 Å². The van der Waals surface area contributed by atoms with Gasteiger partial charge < -0.3 is 9.84 Å². The largest absolute Gasteiger partial charge is 0.508 e. The van der Waals surface area contributed by atoms with Crippen LogP contribution in [0, 0.1) is 0 Å². The first kappa shape index (κ1) is 15.1. The number of phenolic OH excluding ortho intramolecular Hbond substituents is 1. The Morgan fingerprint density at radius 1 is 1.33 bits per heavy atom. The lowest BCUT2D eigenvalue weighted by Gasteiger charge is -2.19. The fourth-order valence-corrected chi connectivity index (χ4v) is 1.92. The summed E-state index contributed by atoms with van der Waals surface area (Å²) in [6.45, 7) is 6.00. The van der Waals surface area contributed by atoms with Crippen LogP contribution in [-0.4, -0.2) is 26.5 Å². The van der Waals surface area contributed by atoms with Crippen LogP contribution in [0.15, 0.2) is 36.7 Å². The second-order valence-electron chi connectivity index (χ2n) is 5.88. The number of aromatic nitrogens is 2. The van der Waals surface area contributed by atoms with Crippen molar-refractivity contribution < 1.29 is 14.6 Å². The van der Waals surface area contributed by atoms with Gasteiger partial charge in [-0.1, -0.05) is 12.1 Å². The second-order valence-corrected chi connectivity index (χ2v) is 5.88. The van der Waals surface area contributed by atoms with Gasteiger partial charge in [0.15, 0.2) is 0 Å². The van der Waals surface area contributed by atoms with Crippen molar-refractivity contribution in [3.8, 4) is 16.9 Å². The lowest BCUT2D eigenvalue weighted by atomic mass is 10.1. The van der Waals surface area contributed by atoms with E-state index in [4.69, 9.17) is 4.74 Å². The maximum atomic E-state index is 11.7. The van der Waals surface area contributed by atoms with Crippen LogP contribution in [0.1, 0.15) is 27.2 Å². The zero-order valence-electron chi connectivity index (χ0n) is 12.5. The van der Waals surface area contributed by atoms with Crippen LogP contribution < -0.4 is 0 Å². The summed E-state index contributed by atoms with van der Waals surface area (Å²) < 4.78 is 6.95. The van der Waals surface area contributed by atoms with Crippen molar-refractivity contribution in [3.05, 3.63) is 36.7 Å². The predicted octanol–water partition coefficient (Wildman–Crippen LogP) is 2.99. The number of phenols is 1. The molecule has 0 amide bonds. The predicted molar refractivity (Wildman–Crippen MR) is 79.8 cm³/mol. The van der Waals surface area contributed by atoms with Gasteiger partial charge in [-0.2, -0.15) is 5.10 Å². The number of nitrogens with zero attached hydrogens (tertiary/aromatic N) is 2. The maximum absolute atomic E-state index is 11.7. The highest BCUT2D eigenvalue weighted by Crippen LogP contribution is 2.22. The molecule has 0 spiro atoms. The van der Waals surface area contributed by atoms with Crippen LogP contribution in [0.2, 0.25) is 0 Å². The second kappa shape index (κ2) is 5.99. The topological polar surface area (TPSA) is 64.3 Å². The van der Waals surface area contributed by atoms with E-state index in [1.165, 1.54) is 0 Å². The number of aryl methyl sites for hydroxylation is 1. The van der Waals surface area contributed by atoms with E-state index in [1.807, 2.05) is 33.0 Å². The quantitative estimate of drug-likeness (QED) is 0.878. The van der Waals surface area contributed by atoms with E-state index in [0.29, 0.717) is 6.54 Å². The normalized spacial score (nSPS) is 11.4. The Bertz CT molecular complexity index is 626. The lowest BCUT2D eigenvalue weighted by Crippen LogP contribution is -2.24. The van der Waals surface area contributed by atoms with E-state index in [2.05, 4.69) is 5.10 Å². The monoisotopic (exact) mass is 288 g/mol. The summed E-state index contributed by atoms with van der Waals surface area (Å²) in [4.78, 5) is 11.7. The van der Waals surface area contributed by atoms with Crippen molar-refractivity contribution in [3.63, 3.8) is 0 Å². The zero-order valence-corrected chi connectivity index (χ0v) is 12.5. The number of aromatic hydroxyl groups is 1. The van der Waals surface area contributed by atoms with Gasteiger partial charge in [0.1, 0.15) is 11.4 Å². The molecule has 0 aliphatic carbocycles. The van der Waals surface area contributed by atoms with E-state index in [9.17, 15) is 9.90 Å². The molecule has 0 saturated heterocycles. The van der Waals surface area contributed by atoms with E-state index in [-0.39, 0.29) is 18.1 Å². The van der Waals surface area contributed by atoms with Crippen LogP contribution in [0.3, 0.4) is 0 Å². The molecule has 1 aromatic carbocycles. The maximum Gasteiger partial charge on any atom is 0.308 e. The SMILES string of the molecule is CC(C)(C)OC(=O)CCn1cc(-c2cccc(O)c2)cn1. The molecule has 0 atom stereocenters. The molecule has 112 valence electrons. The number of rotatable bonds is 4. The molecule has 21 heavy (non-hydrogen) atoms. The molecule has 0 bridgehead atoms. The van der Waals surface area contributed by atoms with E-state index >= 15 is 0 Å². The highest BCUT2D eigenvalue weighted by atomic mass is 16.6. The first-order chi connectivity index (χ1) is 9.83. The summed E-state index contributed by atoms with van der Waals surface area (Å²) in [6.07, 6.45) is 3.83. The highest BCUT2D eigenvalue weighted by molar-refractivity contribution is 5.69. The Hall–Kier alpha value is -2.30. The molecule has 1 N–H and O–H groups in total. The standard InChI is InChI=1S/C16H20N2O3/c1-16(2,3)21-15(20)7-8-18-11-13(10-17-18)12-5-4-6-14(19)9-12/h4-6,9-11,19H,7-8H2,1-3H3. The molecule has 0 fully saturated rings. The van der Waals surface area contributed by atoms with Gasteiger partial charge in [0, 0.05) is 11.8 Å². The number of ether oxygens (including phenoxy) is 1. The van der Waals surface area contributed by atoms with Crippen molar-refractivity contribution in [2.45, 2.75) is 39.3 Å². The fraction of sp³-hybridized carbons (Fsp3) is 0.375. The van der Waals surface area contributed by atoms with Gasteiger partial charge in [-0.15, -0.1) is 0 Å². The Labute approximate surface area is 124 Å². The molecule has 0 radical (unpaired) electrons. The molecule has 0 aliphatic heterocycles. The van der Waals surface area contributed by atoms with Crippen molar-refractivity contribution in [2.24, 2.45) is 0 Å². The third-order valence-electron chi connectivity index (χ3n) is 2.78. The van der Waals surface area contributed by atoms with Crippen molar-refractivity contribution >= 4 is 5.97 Å². The highest BCUT2D eigenvalue weighted by Gasteiger charge is 2.16. The van der Waals surface area contributed by atoms with Gasteiger partial charge in [0.2, 0.25) is 0 Å². The number of esters is 1. The average Bonchev–Trinajstić information content (AvgIpc) is 2.83. The first-order valence-corrected chi connectivity index (χ1v) is 6.87. The molecule has 0 saturated carbocycles. The summed E-state index contributed by atoms with van der Waals surface area (Å²) in [5, 5.41) is 13.7. The number of hydrogen-bond donors (Lipinski definition) is 1. The van der Waals surface area contributed by atoms with Crippen LogP contribution >= 0.6 is 0 Å². The number of carbonyl (C=O) groups excluding carboxylic acids is 1. The molecule has 2 rings (SSSR count). The zero-order chi connectivity index (χ0) is 15.5. The summed E-state index contributed by atoms with van der Waals surface area (Å²) in [5.74, 6) is -0.0223. The molecular weight excluding hydrogens is 268 g/mol. The molecule has 0 unspecified atom stereocenters. The third-order valence-corrected chi connectivity index (χ3v) is 2.78.